The summed E-state index contributed by atoms with van der Waals surface area (Å²) in [7, 11) is 0. The van der Waals surface area contributed by atoms with E-state index in [4.69, 9.17) is 0 Å². The van der Waals surface area contributed by atoms with E-state index in [2.05, 4.69) is 42.0 Å². The number of rotatable bonds is 6. The molecule has 0 fully saturated rings. The molecular weight excluding hydrogens is 420 g/mol. The van der Waals surface area contributed by atoms with Gasteiger partial charge in [-0.2, -0.15) is 0 Å². The molecule has 1 aliphatic heterocycles. The second-order valence-electron chi connectivity index (χ2n) is 9.64. The number of allylic oxidation sites excluding steroid dienone is 1. The Kier molecular flexibility index (Phi) is 6.24. The first-order valence-corrected chi connectivity index (χ1v) is 11.1. The molecule has 0 radical (unpaired) electrons. The Morgan fingerprint density at radius 3 is 2.30 bits per heavy atom. The number of hydrogen-bond acceptors (Lipinski definition) is 7. The van der Waals surface area contributed by atoms with Gasteiger partial charge in [0.2, 0.25) is 5.75 Å². The number of nitrogens with zero attached hydrogens (tertiary/aromatic N) is 4. The van der Waals surface area contributed by atoms with Gasteiger partial charge in [0.1, 0.15) is 17.1 Å². The van der Waals surface area contributed by atoms with Gasteiger partial charge in [-0.05, 0) is 62.8 Å². The minimum Gasteiger partial charge on any atom is -0.506 e. The molecule has 0 amide bonds. The van der Waals surface area contributed by atoms with E-state index in [9.17, 15) is 20.3 Å². The first-order valence-electron chi connectivity index (χ1n) is 11.1. The fraction of sp³-hybridized carbons (Fsp3) is 0.440. The first-order chi connectivity index (χ1) is 15.3. The van der Waals surface area contributed by atoms with Gasteiger partial charge in [0.05, 0.1) is 10.5 Å². The fourth-order valence-corrected chi connectivity index (χ4v) is 4.28. The summed E-state index contributed by atoms with van der Waals surface area (Å²) < 4.78 is 0. The third kappa shape index (κ3) is 4.42. The molecular formula is C25H32N4O4. The number of fused-ring (bicyclic) bond motifs is 1. The summed E-state index contributed by atoms with van der Waals surface area (Å²) in [4.78, 5) is 13.1. The van der Waals surface area contributed by atoms with Crippen molar-refractivity contribution in [3.8, 4) is 11.5 Å². The van der Waals surface area contributed by atoms with E-state index in [-0.39, 0.29) is 28.1 Å². The van der Waals surface area contributed by atoms with Crippen molar-refractivity contribution in [3.05, 3.63) is 51.6 Å². The van der Waals surface area contributed by atoms with E-state index in [1.807, 2.05) is 27.7 Å². The van der Waals surface area contributed by atoms with Crippen molar-refractivity contribution >= 4 is 28.3 Å². The quantitative estimate of drug-likeness (QED) is 0.275. The minimum atomic E-state index is -0.630. The Morgan fingerprint density at radius 1 is 1.09 bits per heavy atom. The van der Waals surface area contributed by atoms with Crippen LogP contribution in [0.15, 0.2) is 40.6 Å². The molecule has 0 unspecified atom stereocenters. The number of nitro groups is 1. The molecule has 8 nitrogen and oxygen atoms in total. The third-order valence-corrected chi connectivity index (χ3v) is 6.59. The van der Waals surface area contributed by atoms with Crippen molar-refractivity contribution in [1.29, 1.82) is 0 Å². The van der Waals surface area contributed by atoms with Gasteiger partial charge in [0, 0.05) is 29.9 Å². The lowest BCUT2D eigenvalue weighted by molar-refractivity contribution is -0.385. The zero-order valence-electron chi connectivity index (χ0n) is 20.3. The average Bonchev–Trinajstić information content (AvgIpc) is 2.72. The smallest absolute Gasteiger partial charge is 0.313 e. The second-order valence-corrected chi connectivity index (χ2v) is 9.64. The predicted molar refractivity (Wildman–Crippen MR) is 131 cm³/mol. The van der Waals surface area contributed by atoms with Gasteiger partial charge >= 0.3 is 5.69 Å². The lowest BCUT2D eigenvalue weighted by Crippen LogP contribution is -2.44. The minimum absolute atomic E-state index is 0.0126. The van der Waals surface area contributed by atoms with Crippen LogP contribution < -0.4 is 4.90 Å². The average molecular weight is 453 g/mol. The maximum Gasteiger partial charge on any atom is 0.313 e. The molecule has 1 aliphatic rings. The Balaban J connectivity index is 2.12. The van der Waals surface area contributed by atoms with E-state index in [0.717, 1.165) is 29.8 Å². The molecule has 0 saturated heterocycles. The SMILES string of the molecule is CCN1c2cc(O)c(N=Nc3cc(C(C)(C)CC)cc([N+](=O)[O-])c3O)cc2C(C)=CC1(C)C. The molecule has 0 aliphatic carbocycles. The van der Waals surface area contributed by atoms with Crippen molar-refractivity contribution in [2.45, 2.75) is 65.8 Å². The van der Waals surface area contributed by atoms with E-state index in [0.29, 0.717) is 5.56 Å². The highest BCUT2D eigenvalue weighted by molar-refractivity contribution is 5.84. The van der Waals surface area contributed by atoms with Gasteiger partial charge in [-0.1, -0.05) is 26.8 Å². The Bertz CT molecular complexity index is 1170. The molecule has 0 bridgehead atoms. The number of anilines is 1. The summed E-state index contributed by atoms with van der Waals surface area (Å²) in [6, 6.07) is 6.41. The van der Waals surface area contributed by atoms with Crippen LogP contribution in [0.5, 0.6) is 11.5 Å². The summed E-state index contributed by atoms with van der Waals surface area (Å²) in [5.74, 6) is -0.604. The van der Waals surface area contributed by atoms with Crippen LogP contribution in [0.3, 0.4) is 0 Å². The largest absolute Gasteiger partial charge is 0.506 e. The molecule has 2 aromatic rings. The van der Waals surface area contributed by atoms with Crippen molar-refractivity contribution in [2.75, 3.05) is 11.4 Å². The number of nitro benzene ring substituents is 1. The van der Waals surface area contributed by atoms with Crippen molar-refractivity contribution in [1.82, 2.24) is 0 Å². The van der Waals surface area contributed by atoms with Crippen molar-refractivity contribution in [3.63, 3.8) is 0 Å². The highest BCUT2D eigenvalue weighted by atomic mass is 16.6. The summed E-state index contributed by atoms with van der Waals surface area (Å²) in [5, 5.41) is 40.9. The molecule has 0 spiro atoms. The number of hydrogen-bond donors (Lipinski definition) is 2. The molecule has 8 heteroatoms. The monoisotopic (exact) mass is 452 g/mol. The zero-order valence-corrected chi connectivity index (χ0v) is 20.3. The fourth-order valence-electron chi connectivity index (χ4n) is 4.28. The maximum absolute atomic E-state index is 11.5. The van der Waals surface area contributed by atoms with Crippen LogP contribution in [0.2, 0.25) is 0 Å². The van der Waals surface area contributed by atoms with Gasteiger partial charge in [-0.25, -0.2) is 0 Å². The maximum atomic E-state index is 11.5. The normalized spacial score (nSPS) is 15.5. The Labute approximate surface area is 194 Å². The van der Waals surface area contributed by atoms with E-state index in [1.165, 1.54) is 6.07 Å². The van der Waals surface area contributed by atoms with Crippen LogP contribution in [0.25, 0.3) is 5.57 Å². The van der Waals surface area contributed by atoms with Gasteiger partial charge in [-0.15, -0.1) is 10.2 Å². The molecule has 1 heterocycles. The Hall–Kier alpha value is -3.42. The van der Waals surface area contributed by atoms with Crippen LogP contribution in [0.4, 0.5) is 22.7 Å². The molecule has 2 aromatic carbocycles. The molecule has 33 heavy (non-hydrogen) atoms. The molecule has 0 atom stereocenters. The Morgan fingerprint density at radius 2 is 1.73 bits per heavy atom. The number of likely N-dealkylation sites (N-methyl/N-ethyl adjacent to an activating group) is 1. The van der Waals surface area contributed by atoms with Gasteiger partial charge in [-0.3, -0.25) is 10.1 Å². The van der Waals surface area contributed by atoms with Crippen LogP contribution in [0.1, 0.15) is 66.0 Å². The van der Waals surface area contributed by atoms with Crippen LogP contribution in [-0.4, -0.2) is 27.2 Å². The molecule has 0 saturated carbocycles. The van der Waals surface area contributed by atoms with Crippen LogP contribution in [0, 0.1) is 10.1 Å². The number of phenolic OH excluding ortho intramolecular Hbond substituents is 2. The highest BCUT2D eigenvalue weighted by Gasteiger charge is 2.31. The summed E-state index contributed by atoms with van der Waals surface area (Å²) in [6.07, 6.45) is 2.91. The van der Waals surface area contributed by atoms with Crippen LogP contribution >= 0.6 is 0 Å². The first kappa shape index (κ1) is 24.2. The topological polar surface area (TPSA) is 112 Å². The van der Waals surface area contributed by atoms with E-state index >= 15 is 0 Å². The number of phenols is 2. The number of aromatic hydroxyl groups is 2. The van der Waals surface area contributed by atoms with Crippen molar-refractivity contribution in [2.24, 2.45) is 10.2 Å². The molecule has 176 valence electrons. The standard InChI is InChI=1S/C25H32N4O4/c1-8-24(4,5)16-10-19(23(31)21(11-16)29(32)33)27-26-18-12-17-15(3)14-25(6,7)28(9-2)20(17)13-22(18)30/h10-14,30-31H,8-9H2,1-7H3. The number of azo groups is 1. The van der Waals surface area contributed by atoms with E-state index < -0.39 is 16.4 Å². The lowest BCUT2D eigenvalue weighted by atomic mass is 9.82. The highest BCUT2D eigenvalue weighted by Crippen LogP contribution is 2.46. The summed E-state index contributed by atoms with van der Waals surface area (Å²) >= 11 is 0. The van der Waals surface area contributed by atoms with Crippen LogP contribution in [-0.2, 0) is 5.41 Å². The predicted octanol–water partition coefficient (Wildman–Crippen LogP) is 7.13. The van der Waals surface area contributed by atoms with E-state index in [1.54, 1.807) is 18.2 Å². The zero-order chi connectivity index (χ0) is 24.7. The van der Waals surface area contributed by atoms with Gasteiger partial charge in [0.15, 0.2) is 0 Å². The summed E-state index contributed by atoms with van der Waals surface area (Å²) in [5.41, 5.74) is 2.81. The van der Waals surface area contributed by atoms with Crippen molar-refractivity contribution < 1.29 is 15.1 Å². The molecule has 3 rings (SSSR count). The molecule has 2 N–H and O–H groups in total. The lowest BCUT2D eigenvalue weighted by Gasteiger charge is -2.42. The summed E-state index contributed by atoms with van der Waals surface area (Å²) in [6.45, 7) is 15.0. The second kappa shape index (κ2) is 8.50. The number of benzene rings is 2. The molecule has 0 aromatic heterocycles. The third-order valence-electron chi connectivity index (χ3n) is 6.59. The van der Waals surface area contributed by atoms with Gasteiger partial charge < -0.3 is 15.1 Å². The van der Waals surface area contributed by atoms with Gasteiger partial charge in [0.25, 0.3) is 0 Å².